The molecule has 6 heteroatoms. The molecule has 1 atom stereocenters. The molecule has 1 saturated heterocycles. The Hall–Kier alpha value is -1.98. The van der Waals surface area contributed by atoms with Crippen molar-refractivity contribution in [1.82, 2.24) is 10.2 Å². The van der Waals surface area contributed by atoms with Crippen LogP contribution in [0.4, 0.5) is 13.6 Å². The van der Waals surface area contributed by atoms with Crippen molar-refractivity contribution < 1.29 is 18.4 Å². The molecule has 0 bridgehead atoms. The lowest BCUT2D eigenvalue weighted by Crippen LogP contribution is -2.50. The third kappa shape index (κ3) is 2.18. The standard InChI is InChI=1S/C12H12F2N2O2/c1-7(17)16-11(4-5-15-12(16)18)8-2-3-9(13)10(14)6-8/h2-3,6,11H,4-5H2,1H3,(H,15,18). The van der Waals surface area contributed by atoms with E-state index in [9.17, 15) is 18.4 Å². The summed E-state index contributed by atoms with van der Waals surface area (Å²) in [5.74, 6) is -2.36. The average Bonchev–Trinajstić information content (AvgIpc) is 2.32. The molecule has 4 nitrogen and oxygen atoms in total. The predicted octanol–water partition coefficient (Wildman–Crippen LogP) is 1.97. The number of hydrogen-bond acceptors (Lipinski definition) is 2. The summed E-state index contributed by atoms with van der Waals surface area (Å²) >= 11 is 0. The molecular formula is C12H12F2N2O2. The van der Waals surface area contributed by atoms with Gasteiger partial charge < -0.3 is 5.32 Å². The van der Waals surface area contributed by atoms with Crippen LogP contribution in [-0.2, 0) is 4.79 Å². The fourth-order valence-corrected chi connectivity index (χ4v) is 2.07. The molecular weight excluding hydrogens is 242 g/mol. The Morgan fingerprint density at radius 1 is 1.39 bits per heavy atom. The quantitative estimate of drug-likeness (QED) is 0.833. The van der Waals surface area contributed by atoms with Gasteiger partial charge in [0.2, 0.25) is 5.91 Å². The number of hydrogen-bond donors (Lipinski definition) is 1. The molecule has 1 unspecified atom stereocenters. The zero-order valence-electron chi connectivity index (χ0n) is 9.74. The summed E-state index contributed by atoms with van der Waals surface area (Å²) in [6.07, 6.45) is 0.469. The first kappa shape index (κ1) is 12.5. The summed E-state index contributed by atoms with van der Waals surface area (Å²) < 4.78 is 26.0. The normalized spacial score (nSPS) is 19.6. The lowest BCUT2D eigenvalue weighted by Gasteiger charge is -2.33. The number of imide groups is 1. The number of amides is 3. The number of carbonyl (C=O) groups excluding carboxylic acids is 2. The van der Waals surface area contributed by atoms with Crippen LogP contribution in [0, 0.1) is 11.6 Å². The summed E-state index contributed by atoms with van der Waals surface area (Å²) in [4.78, 5) is 24.1. The SMILES string of the molecule is CC(=O)N1C(=O)NCCC1c1ccc(F)c(F)c1. The maximum atomic E-state index is 13.2. The maximum Gasteiger partial charge on any atom is 0.324 e. The van der Waals surface area contributed by atoms with Gasteiger partial charge in [0.05, 0.1) is 6.04 Å². The van der Waals surface area contributed by atoms with Gasteiger partial charge in [0, 0.05) is 13.5 Å². The van der Waals surface area contributed by atoms with Crippen molar-refractivity contribution in [3.05, 3.63) is 35.4 Å². The fourth-order valence-electron chi connectivity index (χ4n) is 2.07. The van der Waals surface area contributed by atoms with Gasteiger partial charge in [-0.15, -0.1) is 0 Å². The van der Waals surface area contributed by atoms with E-state index in [0.717, 1.165) is 17.0 Å². The predicted molar refractivity (Wildman–Crippen MR) is 59.6 cm³/mol. The minimum absolute atomic E-state index is 0.395. The molecule has 96 valence electrons. The highest BCUT2D eigenvalue weighted by Gasteiger charge is 2.32. The van der Waals surface area contributed by atoms with Gasteiger partial charge in [-0.2, -0.15) is 0 Å². The first-order valence-electron chi connectivity index (χ1n) is 5.53. The van der Waals surface area contributed by atoms with E-state index in [-0.39, 0.29) is 0 Å². The van der Waals surface area contributed by atoms with Crippen LogP contribution in [0.5, 0.6) is 0 Å². The number of carbonyl (C=O) groups is 2. The Morgan fingerprint density at radius 2 is 2.11 bits per heavy atom. The van der Waals surface area contributed by atoms with E-state index < -0.39 is 29.6 Å². The molecule has 18 heavy (non-hydrogen) atoms. The van der Waals surface area contributed by atoms with Gasteiger partial charge in [-0.1, -0.05) is 6.07 Å². The Bertz CT molecular complexity index is 505. The van der Waals surface area contributed by atoms with E-state index in [0.29, 0.717) is 18.5 Å². The van der Waals surface area contributed by atoms with Gasteiger partial charge >= 0.3 is 6.03 Å². The summed E-state index contributed by atoms with van der Waals surface area (Å²) in [7, 11) is 0. The van der Waals surface area contributed by atoms with Crippen molar-refractivity contribution in [1.29, 1.82) is 0 Å². The molecule has 1 heterocycles. The summed E-state index contributed by atoms with van der Waals surface area (Å²) in [6.45, 7) is 1.66. The van der Waals surface area contributed by atoms with E-state index in [2.05, 4.69) is 5.32 Å². The maximum absolute atomic E-state index is 13.2. The van der Waals surface area contributed by atoms with Crippen molar-refractivity contribution in [3.8, 4) is 0 Å². The van der Waals surface area contributed by atoms with Gasteiger partial charge in [0.1, 0.15) is 0 Å². The van der Waals surface area contributed by atoms with Gasteiger partial charge in [-0.25, -0.2) is 13.6 Å². The monoisotopic (exact) mass is 254 g/mol. The van der Waals surface area contributed by atoms with E-state index in [4.69, 9.17) is 0 Å². The van der Waals surface area contributed by atoms with Crippen molar-refractivity contribution in [2.45, 2.75) is 19.4 Å². The van der Waals surface area contributed by atoms with Crippen molar-refractivity contribution in [2.24, 2.45) is 0 Å². The van der Waals surface area contributed by atoms with Crippen molar-refractivity contribution in [2.75, 3.05) is 6.54 Å². The first-order chi connectivity index (χ1) is 8.50. The molecule has 1 aliphatic heterocycles. The molecule has 1 aliphatic rings. The third-order valence-electron chi connectivity index (χ3n) is 2.89. The van der Waals surface area contributed by atoms with Crippen molar-refractivity contribution >= 4 is 11.9 Å². The Kier molecular flexibility index (Phi) is 3.27. The molecule has 1 fully saturated rings. The highest BCUT2D eigenvalue weighted by Crippen LogP contribution is 2.27. The Labute approximate surface area is 103 Å². The molecule has 0 spiro atoms. The smallest absolute Gasteiger partial charge is 0.324 e. The van der Waals surface area contributed by atoms with Gasteiger partial charge in [0.25, 0.3) is 0 Å². The number of halogens is 2. The lowest BCUT2D eigenvalue weighted by atomic mass is 10.00. The second kappa shape index (κ2) is 4.72. The largest absolute Gasteiger partial charge is 0.338 e. The first-order valence-corrected chi connectivity index (χ1v) is 5.53. The van der Waals surface area contributed by atoms with Gasteiger partial charge in [-0.3, -0.25) is 9.69 Å². The second-order valence-corrected chi connectivity index (χ2v) is 4.10. The molecule has 0 aromatic heterocycles. The summed E-state index contributed by atoms with van der Waals surface area (Å²) in [6, 6.07) is 2.34. The zero-order valence-corrected chi connectivity index (χ0v) is 9.74. The van der Waals surface area contributed by atoms with Crippen LogP contribution in [0.2, 0.25) is 0 Å². The molecule has 0 radical (unpaired) electrons. The molecule has 3 amide bonds. The minimum Gasteiger partial charge on any atom is -0.338 e. The molecule has 1 aromatic carbocycles. The van der Waals surface area contributed by atoms with E-state index in [1.54, 1.807) is 0 Å². The highest BCUT2D eigenvalue weighted by molar-refractivity contribution is 5.94. The number of benzene rings is 1. The molecule has 1 N–H and O–H groups in total. The summed E-state index contributed by atoms with van der Waals surface area (Å²) in [5.41, 5.74) is 0.416. The van der Waals surface area contributed by atoms with E-state index in [1.807, 2.05) is 0 Å². The van der Waals surface area contributed by atoms with Crippen LogP contribution >= 0.6 is 0 Å². The number of nitrogens with zero attached hydrogens (tertiary/aromatic N) is 1. The lowest BCUT2D eigenvalue weighted by molar-refractivity contribution is -0.128. The number of nitrogens with one attached hydrogen (secondary N) is 1. The van der Waals surface area contributed by atoms with Crippen molar-refractivity contribution in [3.63, 3.8) is 0 Å². The number of rotatable bonds is 1. The topological polar surface area (TPSA) is 49.4 Å². The fraction of sp³-hybridized carbons (Fsp3) is 0.333. The van der Waals surface area contributed by atoms with Gasteiger partial charge in [0.15, 0.2) is 11.6 Å². The molecule has 1 aromatic rings. The zero-order chi connectivity index (χ0) is 13.3. The van der Waals surface area contributed by atoms with E-state index in [1.165, 1.54) is 13.0 Å². The molecule has 0 aliphatic carbocycles. The Morgan fingerprint density at radius 3 is 2.72 bits per heavy atom. The van der Waals surface area contributed by atoms with Gasteiger partial charge in [-0.05, 0) is 24.1 Å². The van der Waals surface area contributed by atoms with Crippen LogP contribution < -0.4 is 5.32 Å². The Balaban J connectivity index is 2.37. The third-order valence-corrected chi connectivity index (χ3v) is 2.89. The van der Waals surface area contributed by atoms with E-state index >= 15 is 0 Å². The molecule has 2 rings (SSSR count). The van der Waals surface area contributed by atoms with Crippen LogP contribution in [0.25, 0.3) is 0 Å². The minimum atomic E-state index is -0.984. The second-order valence-electron chi connectivity index (χ2n) is 4.10. The van der Waals surface area contributed by atoms with Crippen LogP contribution in [0.3, 0.4) is 0 Å². The van der Waals surface area contributed by atoms with Crippen LogP contribution in [0.1, 0.15) is 24.9 Å². The average molecular weight is 254 g/mol. The van der Waals surface area contributed by atoms with Crippen LogP contribution in [-0.4, -0.2) is 23.4 Å². The number of urea groups is 1. The highest BCUT2D eigenvalue weighted by atomic mass is 19.2. The summed E-state index contributed by atoms with van der Waals surface area (Å²) in [5, 5.41) is 2.54. The van der Waals surface area contributed by atoms with Crippen LogP contribution in [0.15, 0.2) is 18.2 Å². The molecule has 0 saturated carbocycles.